The molecule has 18 heavy (non-hydrogen) atoms. The van der Waals surface area contributed by atoms with E-state index in [2.05, 4.69) is 15.1 Å². The van der Waals surface area contributed by atoms with Crippen LogP contribution in [0, 0.1) is 6.92 Å². The van der Waals surface area contributed by atoms with E-state index in [4.69, 9.17) is 0 Å². The molecule has 0 amide bonds. The second-order valence-corrected chi connectivity index (χ2v) is 6.13. The van der Waals surface area contributed by atoms with Crippen molar-refractivity contribution in [2.24, 2.45) is 0 Å². The Morgan fingerprint density at radius 3 is 2.78 bits per heavy atom. The summed E-state index contributed by atoms with van der Waals surface area (Å²) in [6, 6.07) is 0. The molecule has 0 aliphatic rings. The van der Waals surface area contributed by atoms with Crippen LogP contribution < -0.4 is 10.0 Å². The van der Waals surface area contributed by atoms with E-state index < -0.39 is 10.0 Å². The van der Waals surface area contributed by atoms with Crippen LogP contribution in [0.2, 0.25) is 0 Å². The standard InChI is InChI=1S/C11H22N4O2S/c1-3-12-5-4-8-18(16,17)14-6-7-15-10-11(2)9-13-15/h9-10,12,14H,3-8H2,1-2H3. The summed E-state index contributed by atoms with van der Waals surface area (Å²) in [4.78, 5) is 0. The Morgan fingerprint density at radius 2 is 2.17 bits per heavy atom. The fraction of sp³-hybridized carbons (Fsp3) is 0.727. The zero-order valence-electron chi connectivity index (χ0n) is 11.0. The number of aryl methyl sites for hydroxylation is 1. The third kappa shape index (κ3) is 6.13. The molecule has 1 rings (SSSR count). The van der Waals surface area contributed by atoms with Crippen LogP contribution in [0.5, 0.6) is 0 Å². The molecule has 7 heteroatoms. The highest BCUT2D eigenvalue weighted by Gasteiger charge is 2.08. The SMILES string of the molecule is CCNCCCS(=O)(=O)NCCn1cc(C)cn1. The maximum absolute atomic E-state index is 11.6. The topological polar surface area (TPSA) is 76.0 Å². The van der Waals surface area contributed by atoms with Gasteiger partial charge in [0.25, 0.3) is 0 Å². The summed E-state index contributed by atoms with van der Waals surface area (Å²) in [6.07, 6.45) is 4.27. The molecule has 0 saturated heterocycles. The van der Waals surface area contributed by atoms with Gasteiger partial charge in [0.1, 0.15) is 0 Å². The Hall–Kier alpha value is -0.920. The highest BCUT2D eigenvalue weighted by molar-refractivity contribution is 7.89. The molecule has 0 aromatic carbocycles. The first kappa shape index (κ1) is 15.1. The number of aromatic nitrogens is 2. The predicted molar refractivity (Wildman–Crippen MR) is 71.9 cm³/mol. The Labute approximate surface area is 109 Å². The van der Waals surface area contributed by atoms with Gasteiger partial charge in [-0.3, -0.25) is 4.68 Å². The van der Waals surface area contributed by atoms with Gasteiger partial charge in [-0.1, -0.05) is 6.92 Å². The normalized spacial score (nSPS) is 11.9. The van der Waals surface area contributed by atoms with Gasteiger partial charge in [-0.15, -0.1) is 0 Å². The Kier molecular flexibility index (Phi) is 6.31. The molecular weight excluding hydrogens is 252 g/mol. The molecule has 6 nitrogen and oxygen atoms in total. The summed E-state index contributed by atoms with van der Waals surface area (Å²) in [5.41, 5.74) is 1.07. The predicted octanol–water partition coefficient (Wildman–Crippen LogP) is 0.111. The van der Waals surface area contributed by atoms with Crippen LogP contribution in [0.25, 0.3) is 0 Å². The zero-order valence-corrected chi connectivity index (χ0v) is 11.8. The van der Waals surface area contributed by atoms with Crippen molar-refractivity contribution in [3.63, 3.8) is 0 Å². The van der Waals surface area contributed by atoms with Crippen molar-refractivity contribution in [2.75, 3.05) is 25.4 Å². The lowest BCUT2D eigenvalue weighted by molar-refractivity contribution is 0.557. The minimum atomic E-state index is -3.16. The third-order valence-corrected chi connectivity index (χ3v) is 3.91. The summed E-state index contributed by atoms with van der Waals surface area (Å²) < 4.78 is 27.6. The maximum atomic E-state index is 11.6. The van der Waals surface area contributed by atoms with Crippen LogP contribution in [-0.2, 0) is 16.6 Å². The van der Waals surface area contributed by atoms with E-state index in [1.54, 1.807) is 10.9 Å². The summed E-state index contributed by atoms with van der Waals surface area (Å²) in [5.74, 6) is 0.165. The summed E-state index contributed by atoms with van der Waals surface area (Å²) in [7, 11) is -3.16. The average molecular weight is 274 g/mol. The lowest BCUT2D eigenvalue weighted by atomic mass is 10.4. The minimum Gasteiger partial charge on any atom is -0.317 e. The molecule has 2 N–H and O–H groups in total. The molecule has 0 atom stereocenters. The van der Waals surface area contributed by atoms with E-state index in [1.807, 2.05) is 20.0 Å². The molecule has 0 bridgehead atoms. The van der Waals surface area contributed by atoms with Gasteiger partial charge in [0.05, 0.1) is 18.5 Å². The van der Waals surface area contributed by atoms with Gasteiger partial charge in [-0.2, -0.15) is 5.10 Å². The molecule has 1 heterocycles. The van der Waals surface area contributed by atoms with Gasteiger partial charge >= 0.3 is 0 Å². The van der Waals surface area contributed by atoms with Crippen LogP contribution in [0.15, 0.2) is 12.4 Å². The highest BCUT2D eigenvalue weighted by atomic mass is 32.2. The zero-order chi connectivity index (χ0) is 13.4. The molecule has 0 saturated carbocycles. The van der Waals surface area contributed by atoms with Gasteiger partial charge in [-0.25, -0.2) is 13.1 Å². The first-order valence-electron chi connectivity index (χ1n) is 6.20. The van der Waals surface area contributed by atoms with Gasteiger partial charge < -0.3 is 5.32 Å². The van der Waals surface area contributed by atoms with E-state index in [0.29, 0.717) is 19.5 Å². The van der Waals surface area contributed by atoms with E-state index in [-0.39, 0.29) is 5.75 Å². The quantitative estimate of drug-likeness (QED) is 0.627. The third-order valence-electron chi connectivity index (χ3n) is 2.44. The van der Waals surface area contributed by atoms with E-state index in [0.717, 1.165) is 18.7 Å². The second kappa shape index (κ2) is 7.50. The highest BCUT2D eigenvalue weighted by Crippen LogP contribution is 1.94. The summed E-state index contributed by atoms with van der Waals surface area (Å²) in [5, 5.41) is 7.19. The molecule has 0 fully saturated rings. The number of hydrogen-bond donors (Lipinski definition) is 2. The fourth-order valence-corrected chi connectivity index (χ4v) is 2.61. The van der Waals surface area contributed by atoms with Crippen molar-refractivity contribution in [1.29, 1.82) is 0 Å². The smallest absolute Gasteiger partial charge is 0.211 e. The maximum Gasteiger partial charge on any atom is 0.211 e. The summed E-state index contributed by atoms with van der Waals surface area (Å²) >= 11 is 0. The van der Waals surface area contributed by atoms with E-state index in [9.17, 15) is 8.42 Å². The Balaban J connectivity index is 2.20. The fourth-order valence-electron chi connectivity index (χ4n) is 1.54. The molecule has 0 aliphatic heterocycles. The number of rotatable bonds is 9. The Bertz CT molecular complexity index is 442. The van der Waals surface area contributed by atoms with E-state index in [1.165, 1.54) is 0 Å². The lowest BCUT2D eigenvalue weighted by Gasteiger charge is -2.07. The van der Waals surface area contributed by atoms with Crippen molar-refractivity contribution in [3.05, 3.63) is 18.0 Å². The van der Waals surface area contributed by atoms with Gasteiger partial charge in [0, 0.05) is 12.7 Å². The van der Waals surface area contributed by atoms with Gasteiger partial charge in [-0.05, 0) is 32.0 Å². The van der Waals surface area contributed by atoms with Crippen molar-refractivity contribution in [2.45, 2.75) is 26.8 Å². The van der Waals surface area contributed by atoms with Crippen molar-refractivity contribution in [3.8, 4) is 0 Å². The molecule has 104 valence electrons. The van der Waals surface area contributed by atoms with Crippen molar-refractivity contribution >= 4 is 10.0 Å². The van der Waals surface area contributed by atoms with E-state index >= 15 is 0 Å². The molecule has 1 aromatic rings. The Morgan fingerprint density at radius 1 is 1.39 bits per heavy atom. The molecule has 0 radical (unpaired) electrons. The molecule has 0 unspecified atom stereocenters. The molecule has 0 aliphatic carbocycles. The first-order chi connectivity index (χ1) is 8.53. The molecule has 0 spiro atoms. The number of nitrogens with one attached hydrogen (secondary N) is 2. The van der Waals surface area contributed by atoms with Gasteiger partial charge in [0.15, 0.2) is 0 Å². The minimum absolute atomic E-state index is 0.165. The first-order valence-corrected chi connectivity index (χ1v) is 7.86. The van der Waals surface area contributed by atoms with Crippen LogP contribution >= 0.6 is 0 Å². The van der Waals surface area contributed by atoms with Crippen LogP contribution in [0.3, 0.4) is 0 Å². The lowest BCUT2D eigenvalue weighted by Crippen LogP contribution is -2.31. The average Bonchev–Trinajstić information content (AvgIpc) is 2.70. The second-order valence-electron chi connectivity index (χ2n) is 4.20. The van der Waals surface area contributed by atoms with Crippen LogP contribution in [0.4, 0.5) is 0 Å². The number of hydrogen-bond acceptors (Lipinski definition) is 4. The largest absolute Gasteiger partial charge is 0.317 e. The van der Waals surface area contributed by atoms with Crippen molar-refractivity contribution < 1.29 is 8.42 Å². The molecule has 1 aromatic heterocycles. The van der Waals surface area contributed by atoms with Crippen LogP contribution in [0.1, 0.15) is 18.9 Å². The van der Waals surface area contributed by atoms with Crippen LogP contribution in [-0.4, -0.2) is 43.6 Å². The van der Waals surface area contributed by atoms with Gasteiger partial charge in [0.2, 0.25) is 10.0 Å². The summed E-state index contributed by atoms with van der Waals surface area (Å²) in [6.45, 7) is 6.49. The van der Waals surface area contributed by atoms with Crippen molar-refractivity contribution in [1.82, 2.24) is 19.8 Å². The number of sulfonamides is 1. The number of nitrogens with zero attached hydrogens (tertiary/aromatic N) is 2. The monoisotopic (exact) mass is 274 g/mol. The molecular formula is C11H22N4O2S.